The van der Waals surface area contributed by atoms with Gasteiger partial charge in [-0.2, -0.15) is 0 Å². The van der Waals surface area contributed by atoms with Crippen molar-refractivity contribution in [2.24, 2.45) is 7.05 Å². The lowest BCUT2D eigenvalue weighted by Gasteiger charge is -2.46. The predicted molar refractivity (Wildman–Crippen MR) is 105 cm³/mol. The van der Waals surface area contributed by atoms with Gasteiger partial charge < -0.3 is 28.4 Å². The number of fused-ring (bicyclic) bond motifs is 2. The number of rotatable bonds is 2. The Kier molecular flexibility index (Phi) is 4.82. The summed E-state index contributed by atoms with van der Waals surface area (Å²) < 4.78 is 15.6. The summed E-state index contributed by atoms with van der Waals surface area (Å²) in [6, 6.07) is 0. The summed E-state index contributed by atoms with van der Waals surface area (Å²) in [6.45, 7) is 3.84. The maximum absolute atomic E-state index is 13.1. The molecule has 3 aliphatic heterocycles. The van der Waals surface area contributed by atoms with E-state index >= 15 is 0 Å². The second kappa shape index (κ2) is 7.51. The van der Waals surface area contributed by atoms with Gasteiger partial charge in [0.2, 0.25) is 0 Å². The van der Waals surface area contributed by atoms with Crippen LogP contribution in [-0.4, -0.2) is 86.2 Å². The molecule has 0 saturated carbocycles. The Morgan fingerprint density at radius 1 is 1.13 bits per heavy atom. The van der Waals surface area contributed by atoms with Gasteiger partial charge in [-0.05, 0) is 0 Å². The standard InChI is InChI=1S/C20H26N6O4/c1-23-14-21-12-15(23)17(27)24-5-2-20(3-6-24)19-22-4-7-26(19)13-16(30-20)18(28)25-8-10-29-11-9-25/h4,7,12,14,16H,2-3,5-6,8-11,13H2,1H3/t16-/m1/s1. The number of hydrogen-bond donors (Lipinski definition) is 0. The van der Waals surface area contributed by atoms with Crippen molar-refractivity contribution < 1.29 is 19.1 Å². The van der Waals surface area contributed by atoms with Gasteiger partial charge >= 0.3 is 0 Å². The first-order valence-corrected chi connectivity index (χ1v) is 10.4. The summed E-state index contributed by atoms with van der Waals surface area (Å²) in [5, 5.41) is 0. The van der Waals surface area contributed by atoms with Gasteiger partial charge in [0.05, 0.1) is 32.3 Å². The highest BCUT2D eigenvalue weighted by Gasteiger charge is 2.48. The third-order valence-electron chi connectivity index (χ3n) is 6.35. The van der Waals surface area contributed by atoms with Crippen molar-refractivity contribution in [3.05, 3.63) is 36.4 Å². The molecule has 0 aliphatic carbocycles. The summed E-state index contributed by atoms with van der Waals surface area (Å²) in [6.07, 6.45) is 7.53. The number of morpholine rings is 1. The molecule has 5 rings (SSSR count). The second-order valence-corrected chi connectivity index (χ2v) is 8.12. The zero-order chi connectivity index (χ0) is 20.7. The van der Waals surface area contributed by atoms with Gasteiger partial charge in [-0.25, -0.2) is 9.97 Å². The molecule has 3 aliphatic rings. The molecule has 1 atom stereocenters. The molecule has 2 aromatic heterocycles. The highest BCUT2D eigenvalue weighted by molar-refractivity contribution is 5.92. The Bertz CT molecular complexity index is 939. The van der Waals surface area contributed by atoms with Gasteiger partial charge in [-0.1, -0.05) is 0 Å². The Morgan fingerprint density at radius 2 is 1.90 bits per heavy atom. The molecule has 0 unspecified atom stereocenters. The van der Waals surface area contributed by atoms with Crippen molar-refractivity contribution in [2.75, 3.05) is 39.4 Å². The summed E-state index contributed by atoms with van der Waals surface area (Å²) >= 11 is 0. The molecule has 10 heteroatoms. The molecule has 160 valence electrons. The van der Waals surface area contributed by atoms with E-state index in [-0.39, 0.29) is 11.8 Å². The van der Waals surface area contributed by atoms with Crippen LogP contribution in [0.5, 0.6) is 0 Å². The van der Waals surface area contributed by atoms with Gasteiger partial charge in [-0.3, -0.25) is 9.59 Å². The number of hydrogen-bond acceptors (Lipinski definition) is 6. The minimum atomic E-state index is -0.655. The first kappa shape index (κ1) is 19.3. The molecule has 0 aromatic carbocycles. The Balaban J connectivity index is 1.34. The van der Waals surface area contributed by atoms with Crippen molar-refractivity contribution >= 4 is 11.8 Å². The molecule has 0 radical (unpaired) electrons. The van der Waals surface area contributed by atoms with Gasteiger partial charge in [0, 0.05) is 58.5 Å². The third-order valence-corrected chi connectivity index (χ3v) is 6.35. The van der Waals surface area contributed by atoms with E-state index in [4.69, 9.17) is 9.47 Å². The Labute approximate surface area is 174 Å². The number of aromatic nitrogens is 4. The Hall–Kier alpha value is -2.72. The molecule has 2 amide bonds. The zero-order valence-electron chi connectivity index (χ0n) is 17.1. The number of carbonyl (C=O) groups excluding carboxylic acids is 2. The molecular weight excluding hydrogens is 388 g/mol. The number of ether oxygens (including phenoxy) is 2. The fourth-order valence-electron chi connectivity index (χ4n) is 4.65. The fraction of sp³-hybridized carbons (Fsp3) is 0.600. The van der Waals surface area contributed by atoms with Crippen LogP contribution in [0.15, 0.2) is 24.9 Å². The molecule has 2 saturated heterocycles. The molecule has 2 aromatic rings. The van der Waals surface area contributed by atoms with E-state index in [1.807, 2.05) is 27.6 Å². The van der Waals surface area contributed by atoms with Gasteiger partial charge in [0.1, 0.15) is 17.1 Å². The maximum atomic E-state index is 13.1. The molecular formula is C20H26N6O4. The number of piperidine rings is 1. The number of aryl methyl sites for hydroxylation is 1. The average Bonchev–Trinajstić information content (AvgIpc) is 3.43. The number of carbonyl (C=O) groups is 2. The molecule has 10 nitrogen and oxygen atoms in total. The summed E-state index contributed by atoms with van der Waals surface area (Å²) in [4.78, 5) is 38.2. The lowest BCUT2D eigenvalue weighted by atomic mass is 9.88. The van der Waals surface area contributed by atoms with Crippen LogP contribution in [0, 0.1) is 0 Å². The van der Waals surface area contributed by atoms with E-state index in [0.717, 1.165) is 5.82 Å². The first-order valence-electron chi connectivity index (χ1n) is 10.4. The molecule has 0 N–H and O–H groups in total. The smallest absolute Gasteiger partial charge is 0.272 e. The van der Waals surface area contributed by atoms with Gasteiger partial charge in [0.25, 0.3) is 11.8 Å². The van der Waals surface area contributed by atoms with Gasteiger partial charge in [0.15, 0.2) is 6.10 Å². The van der Waals surface area contributed by atoms with Crippen LogP contribution in [0.2, 0.25) is 0 Å². The third kappa shape index (κ3) is 3.20. The quantitative estimate of drug-likeness (QED) is 0.687. The average molecular weight is 414 g/mol. The van der Waals surface area contributed by atoms with Crippen LogP contribution in [0.25, 0.3) is 0 Å². The van der Waals surface area contributed by atoms with E-state index in [2.05, 4.69) is 9.97 Å². The minimum Gasteiger partial charge on any atom is -0.378 e. The molecule has 0 bridgehead atoms. The largest absolute Gasteiger partial charge is 0.378 e. The topological polar surface area (TPSA) is 94.7 Å². The molecule has 1 spiro atoms. The number of imidazole rings is 2. The Morgan fingerprint density at radius 3 is 2.60 bits per heavy atom. The van der Waals surface area contributed by atoms with Crippen molar-refractivity contribution in [3.63, 3.8) is 0 Å². The SMILES string of the molecule is Cn1cncc1C(=O)N1CCC2(CC1)O[C@@H](C(=O)N1CCOCC1)Cn1ccnc12. The minimum absolute atomic E-state index is 0.00501. The van der Waals surface area contributed by atoms with Crippen LogP contribution < -0.4 is 0 Å². The van der Waals surface area contributed by atoms with Crippen molar-refractivity contribution in [1.29, 1.82) is 0 Å². The van der Waals surface area contributed by atoms with E-state index in [1.54, 1.807) is 23.3 Å². The fourth-order valence-corrected chi connectivity index (χ4v) is 4.65. The number of amides is 2. The van der Waals surface area contributed by atoms with E-state index in [1.165, 1.54) is 0 Å². The molecule has 5 heterocycles. The van der Waals surface area contributed by atoms with Crippen LogP contribution in [-0.2, 0) is 33.5 Å². The monoisotopic (exact) mass is 414 g/mol. The van der Waals surface area contributed by atoms with Crippen molar-refractivity contribution in [1.82, 2.24) is 28.9 Å². The van der Waals surface area contributed by atoms with Crippen LogP contribution >= 0.6 is 0 Å². The van der Waals surface area contributed by atoms with Crippen molar-refractivity contribution in [3.8, 4) is 0 Å². The van der Waals surface area contributed by atoms with Crippen LogP contribution in [0.4, 0.5) is 0 Å². The number of nitrogens with zero attached hydrogens (tertiary/aromatic N) is 6. The molecule has 30 heavy (non-hydrogen) atoms. The van der Waals surface area contributed by atoms with Crippen LogP contribution in [0.3, 0.4) is 0 Å². The maximum Gasteiger partial charge on any atom is 0.272 e. The number of likely N-dealkylation sites (tertiary alicyclic amines) is 1. The van der Waals surface area contributed by atoms with E-state index < -0.39 is 11.7 Å². The summed E-state index contributed by atoms with van der Waals surface area (Å²) in [5.41, 5.74) is -0.0881. The van der Waals surface area contributed by atoms with Crippen LogP contribution in [0.1, 0.15) is 29.2 Å². The lowest BCUT2D eigenvalue weighted by Crippen LogP contribution is -2.56. The first-order chi connectivity index (χ1) is 14.6. The van der Waals surface area contributed by atoms with E-state index in [0.29, 0.717) is 64.5 Å². The van der Waals surface area contributed by atoms with Crippen molar-refractivity contribution in [2.45, 2.75) is 31.1 Å². The van der Waals surface area contributed by atoms with Gasteiger partial charge in [-0.15, -0.1) is 0 Å². The lowest BCUT2D eigenvalue weighted by molar-refractivity contribution is -0.182. The highest BCUT2D eigenvalue weighted by Crippen LogP contribution is 2.40. The summed E-state index contributed by atoms with van der Waals surface area (Å²) in [7, 11) is 1.81. The summed E-state index contributed by atoms with van der Waals surface area (Å²) in [5.74, 6) is 0.816. The molecule has 2 fully saturated rings. The van der Waals surface area contributed by atoms with E-state index in [9.17, 15) is 9.59 Å². The predicted octanol–water partition coefficient (Wildman–Crippen LogP) is 0.00570. The second-order valence-electron chi connectivity index (χ2n) is 8.12. The highest BCUT2D eigenvalue weighted by atomic mass is 16.5. The zero-order valence-corrected chi connectivity index (χ0v) is 17.1. The normalized spacial score (nSPS) is 23.4.